The van der Waals surface area contributed by atoms with Gasteiger partial charge in [0.1, 0.15) is 5.82 Å². The molecule has 0 saturated heterocycles. The smallest absolute Gasteiger partial charge is 0.307 e. The quantitative estimate of drug-likeness (QED) is 0.763. The summed E-state index contributed by atoms with van der Waals surface area (Å²) < 4.78 is 13.3. The number of carbonyl (C=O) groups is 1. The number of hydrogen-bond acceptors (Lipinski definition) is 1. The number of halogens is 1. The van der Waals surface area contributed by atoms with Crippen molar-refractivity contribution in [3.05, 3.63) is 60.0 Å². The van der Waals surface area contributed by atoms with Gasteiger partial charge in [-0.1, -0.05) is 18.2 Å². The van der Waals surface area contributed by atoms with Crippen LogP contribution in [0, 0.1) is 5.82 Å². The maximum atomic E-state index is 13.3. The predicted octanol–water partition coefficient (Wildman–Crippen LogP) is 3.60. The van der Waals surface area contributed by atoms with Gasteiger partial charge in [0.25, 0.3) is 0 Å². The van der Waals surface area contributed by atoms with Crippen LogP contribution in [-0.4, -0.2) is 16.1 Å². The van der Waals surface area contributed by atoms with Gasteiger partial charge >= 0.3 is 5.97 Å². The lowest BCUT2D eigenvalue weighted by molar-refractivity contribution is -0.136. The largest absolute Gasteiger partial charge is 0.481 e. The highest BCUT2D eigenvalue weighted by Crippen LogP contribution is 2.27. The molecule has 3 nitrogen and oxygen atoms in total. The Hall–Kier alpha value is -2.62. The van der Waals surface area contributed by atoms with Crippen LogP contribution in [0.1, 0.15) is 5.56 Å². The minimum Gasteiger partial charge on any atom is -0.481 e. The molecule has 100 valence electrons. The Morgan fingerprint density at radius 3 is 2.70 bits per heavy atom. The molecule has 2 aromatic carbocycles. The van der Waals surface area contributed by atoms with Crippen LogP contribution >= 0.6 is 0 Å². The summed E-state index contributed by atoms with van der Waals surface area (Å²) in [5, 5.41) is 9.76. The number of hydrogen-bond donors (Lipinski definition) is 2. The number of nitrogens with one attached hydrogen (secondary N) is 1. The zero-order valence-electron chi connectivity index (χ0n) is 10.6. The van der Waals surface area contributed by atoms with Crippen molar-refractivity contribution >= 4 is 16.9 Å². The fraction of sp³-hybridized carbons (Fsp3) is 0.0625. The van der Waals surface area contributed by atoms with E-state index in [2.05, 4.69) is 4.98 Å². The molecule has 0 atom stereocenters. The fourth-order valence-corrected chi connectivity index (χ4v) is 2.34. The van der Waals surface area contributed by atoms with Crippen molar-refractivity contribution in [2.75, 3.05) is 0 Å². The number of aromatic amines is 1. The van der Waals surface area contributed by atoms with Gasteiger partial charge in [0.05, 0.1) is 6.42 Å². The van der Waals surface area contributed by atoms with E-state index >= 15 is 0 Å². The highest BCUT2D eigenvalue weighted by Gasteiger charge is 2.09. The Labute approximate surface area is 114 Å². The van der Waals surface area contributed by atoms with E-state index < -0.39 is 5.97 Å². The van der Waals surface area contributed by atoms with Gasteiger partial charge in [0.15, 0.2) is 0 Å². The molecule has 0 amide bonds. The van der Waals surface area contributed by atoms with Crippen LogP contribution in [0.15, 0.2) is 48.7 Å². The van der Waals surface area contributed by atoms with Gasteiger partial charge in [-0.15, -0.1) is 0 Å². The average molecular weight is 269 g/mol. The van der Waals surface area contributed by atoms with Crippen LogP contribution in [-0.2, 0) is 11.2 Å². The third-order valence-corrected chi connectivity index (χ3v) is 3.27. The molecule has 0 aliphatic rings. The Morgan fingerprint density at radius 2 is 1.95 bits per heavy atom. The first kappa shape index (κ1) is 12.4. The summed E-state index contributed by atoms with van der Waals surface area (Å²) in [4.78, 5) is 13.9. The van der Waals surface area contributed by atoms with Gasteiger partial charge < -0.3 is 10.1 Å². The van der Waals surface area contributed by atoms with Crippen LogP contribution in [0.3, 0.4) is 0 Å². The SMILES string of the molecule is O=C(O)Cc1c[nH]c2ccc(-c3cccc(F)c3)cc12. The van der Waals surface area contributed by atoms with E-state index in [0.717, 1.165) is 27.6 Å². The summed E-state index contributed by atoms with van der Waals surface area (Å²) in [5.41, 5.74) is 3.24. The number of carboxylic acids is 1. The fourth-order valence-electron chi connectivity index (χ4n) is 2.34. The maximum absolute atomic E-state index is 13.3. The molecule has 0 saturated carbocycles. The molecular weight excluding hydrogens is 257 g/mol. The molecule has 0 unspecified atom stereocenters. The topological polar surface area (TPSA) is 53.1 Å². The predicted molar refractivity (Wildman–Crippen MR) is 75.0 cm³/mol. The van der Waals surface area contributed by atoms with Gasteiger partial charge in [0.2, 0.25) is 0 Å². The van der Waals surface area contributed by atoms with E-state index in [-0.39, 0.29) is 12.2 Å². The number of aliphatic carboxylic acids is 1. The number of H-pyrrole nitrogens is 1. The number of aromatic nitrogens is 1. The summed E-state index contributed by atoms with van der Waals surface area (Å²) in [5.74, 6) is -1.16. The number of benzene rings is 2. The summed E-state index contributed by atoms with van der Waals surface area (Å²) >= 11 is 0. The third kappa shape index (κ3) is 2.28. The standard InChI is InChI=1S/C16H12FNO2/c17-13-3-1-2-10(6-13)11-4-5-15-14(7-11)12(9-18-15)8-16(19)20/h1-7,9,18H,8H2,(H,19,20). The molecular formula is C16H12FNO2. The molecule has 1 aromatic heterocycles. The number of carboxylic acid groups (broad SMARTS) is 1. The molecule has 0 radical (unpaired) electrons. The molecule has 0 aliphatic carbocycles. The van der Waals surface area contributed by atoms with Crippen molar-refractivity contribution in [3.63, 3.8) is 0 Å². The Bertz CT molecular complexity index is 792. The van der Waals surface area contributed by atoms with E-state index in [9.17, 15) is 9.18 Å². The van der Waals surface area contributed by atoms with Crippen molar-refractivity contribution in [2.24, 2.45) is 0 Å². The summed E-state index contributed by atoms with van der Waals surface area (Å²) in [6.45, 7) is 0. The second kappa shape index (κ2) is 4.81. The van der Waals surface area contributed by atoms with E-state index in [0.29, 0.717) is 0 Å². The minimum atomic E-state index is -0.873. The van der Waals surface area contributed by atoms with E-state index in [1.54, 1.807) is 12.3 Å². The van der Waals surface area contributed by atoms with Gasteiger partial charge in [-0.25, -0.2) is 4.39 Å². The Kier molecular flexibility index (Phi) is 2.99. The minimum absolute atomic E-state index is 0.0351. The zero-order chi connectivity index (χ0) is 14.1. The normalized spacial score (nSPS) is 10.8. The van der Waals surface area contributed by atoms with Gasteiger partial charge in [-0.05, 0) is 41.0 Å². The van der Waals surface area contributed by atoms with Gasteiger partial charge in [-0.2, -0.15) is 0 Å². The summed E-state index contributed by atoms with van der Waals surface area (Å²) in [6, 6.07) is 12.0. The van der Waals surface area contributed by atoms with Crippen LogP contribution in [0.5, 0.6) is 0 Å². The van der Waals surface area contributed by atoms with Crippen molar-refractivity contribution in [1.29, 1.82) is 0 Å². The van der Waals surface area contributed by atoms with E-state index in [1.165, 1.54) is 12.1 Å². The molecule has 3 aromatic rings. The van der Waals surface area contributed by atoms with Crippen molar-refractivity contribution in [1.82, 2.24) is 4.98 Å². The maximum Gasteiger partial charge on any atom is 0.307 e. The Morgan fingerprint density at radius 1 is 1.15 bits per heavy atom. The first-order chi connectivity index (χ1) is 9.63. The van der Waals surface area contributed by atoms with Crippen molar-refractivity contribution in [2.45, 2.75) is 6.42 Å². The second-order valence-corrected chi connectivity index (χ2v) is 4.66. The van der Waals surface area contributed by atoms with E-state index in [1.807, 2.05) is 24.3 Å². The number of rotatable bonds is 3. The van der Waals surface area contributed by atoms with Crippen molar-refractivity contribution in [3.8, 4) is 11.1 Å². The molecule has 2 N–H and O–H groups in total. The highest BCUT2D eigenvalue weighted by molar-refractivity contribution is 5.90. The van der Waals surface area contributed by atoms with E-state index in [4.69, 9.17) is 5.11 Å². The lowest BCUT2D eigenvalue weighted by Gasteiger charge is -2.03. The molecule has 0 bridgehead atoms. The molecule has 1 heterocycles. The Balaban J connectivity index is 2.11. The molecule has 3 rings (SSSR count). The molecule has 20 heavy (non-hydrogen) atoms. The highest BCUT2D eigenvalue weighted by atomic mass is 19.1. The molecule has 0 spiro atoms. The lowest BCUT2D eigenvalue weighted by Crippen LogP contribution is -1.98. The first-order valence-electron chi connectivity index (χ1n) is 6.21. The average Bonchev–Trinajstić information content (AvgIpc) is 2.80. The number of fused-ring (bicyclic) bond motifs is 1. The summed E-state index contributed by atoms with van der Waals surface area (Å²) in [7, 11) is 0. The first-order valence-corrected chi connectivity index (χ1v) is 6.21. The molecule has 0 fully saturated rings. The van der Waals surface area contributed by atoms with Gasteiger partial charge in [0, 0.05) is 17.1 Å². The molecule has 4 heteroatoms. The van der Waals surface area contributed by atoms with Crippen LogP contribution in [0.25, 0.3) is 22.0 Å². The third-order valence-electron chi connectivity index (χ3n) is 3.27. The second-order valence-electron chi connectivity index (χ2n) is 4.66. The monoisotopic (exact) mass is 269 g/mol. The summed E-state index contributed by atoms with van der Waals surface area (Å²) in [6.07, 6.45) is 1.67. The van der Waals surface area contributed by atoms with Crippen LogP contribution in [0.2, 0.25) is 0 Å². The van der Waals surface area contributed by atoms with Crippen molar-refractivity contribution < 1.29 is 14.3 Å². The van der Waals surface area contributed by atoms with Gasteiger partial charge in [-0.3, -0.25) is 4.79 Å². The zero-order valence-corrected chi connectivity index (χ0v) is 10.6. The van der Waals surface area contributed by atoms with Crippen LogP contribution < -0.4 is 0 Å². The van der Waals surface area contributed by atoms with Crippen LogP contribution in [0.4, 0.5) is 4.39 Å². The molecule has 0 aliphatic heterocycles. The lowest BCUT2D eigenvalue weighted by atomic mass is 10.0.